The Hall–Kier alpha value is -3.49. The van der Waals surface area contributed by atoms with E-state index in [2.05, 4.69) is 0 Å². The third-order valence-electron chi connectivity index (χ3n) is 5.09. The second-order valence-corrected chi connectivity index (χ2v) is 7.05. The van der Waals surface area contributed by atoms with Crippen molar-refractivity contribution in [3.05, 3.63) is 51.6 Å². The average Bonchev–Trinajstić information content (AvgIpc) is 3.61. The lowest BCUT2D eigenvalue weighted by Gasteiger charge is -2.24. The maximum Gasteiger partial charge on any atom is 0.286 e. The van der Waals surface area contributed by atoms with Crippen molar-refractivity contribution in [3.8, 4) is 23.0 Å². The molecule has 166 valence electrons. The van der Waals surface area contributed by atoms with Gasteiger partial charge >= 0.3 is 0 Å². The first-order valence-electron chi connectivity index (χ1n) is 9.94. The summed E-state index contributed by atoms with van der Waals surface area (Å²) >= 11 is 0. The quantitative estimate of drug-likeness (QED) is 0.417. The zero-order valence-electron chi connectivity index (χ0n) is 18.0. The molecule has 1 aliphatic carbocycles. The second kappa shape index (κ2) is 9.55. The molecule has 0 saturated heterocycles. The van der Waals surface area contributed by atoms with Gasteiger partial charge in [-0.1, -0.05) is 0 Å². The van der Waals surface area contributed by atoms with Gasteiger partial charge < -0.3 is 23.8 Å². The van der Waals surface area contributed by atoms with Crippen LogP contribution in [0.15, 0.2) is 30.3 Å². The second-order valence-electron chi connectivity index (χ2n) is 7.05. The van der Waals surface area contributed by atoms with Crippen molar-refractivity contribution >= 4 is 11.6 Å². The van der Waals surface area contributed by atoms with E-state index in [1.54, 1.807) is 44.2 Å². The molecule has 0 unspecified atom stereocenters. The number of hydrogen-bond acceptors (Lipinski definition) is 7. The first-order chi connectivity index (χ1) is 14.9. The lowest BCUT2D eigenvalue weighted by molar-refractivity contribution is -0.385. The number of rotatable bonds is 10. The summed E-state index contributed by atoms with van der Waals surface area (Å²) in [5.41, 5.74) is 0.388. The molecule has 1 fully saturated rings. The van der Waals surface area contributed by atoms with E-state index in [0.29, 0.717) is 18.1 Å². The molecule has 0 heterocycles. The number of hydrogen-bond donors (Lipinski definition) is 0. The van der Waals surface area contributed by atoms with Gasteiger partial charge in [-0.3, -0.25) is 14.9 Å². The minimum Gasteiger partial charge on any atom is -0.497 e. The lowest BCUT2D eigenvalue weighted by Crippen LogP contribution is -2.33. The van der Waals surface area contributed by atoms with Gasteiger partial charge in [0.15, 0.2) is 11.5 Å². The number of nitro groups is 1. The summed E-state index contributed by atoms with van der Waals surface area (Å²) < 4.78 is 21.5. The van der Waals surface area contributed by atoms with Crippen molar-refractivity contribution in [1.29, 1.82) is 0 Å². The van der Waals surface area contributed by atoms with Crippen LogP contribution in [0.1, 0.15) is 35.7 Å². The Labute approximate surface area is 180 Å². The van der Waals surface area contributed by atoms with Crippen LogP contribution in [-0.2, 0) is 6.54 Å². The van der Waals surface area contributed by atoms with Crippen LogP contribution in [0, 0.1) is 10.1 Å². The molecule has 1 aliphatic rings. The molecule has 9 nitrogen and oxygen atoms in total. The van der Waals surface area contributed by atoms with E-state index in [1.165, 1.54) is 19.2 Å². The highest BCUT2D eigenvalue weighted by atomic mass is 16.6. The monoisotopic (exact) mass is 430 g/mol. The number of amides is 1. The van der Waals surface area contributed by atoms with E-state index in [9.17, 15) is 14.9 Å². The number of ether oxygens (including phenoxy) is 4. The topological polar surface area (TPSA) is 100 Å². The summed E-state index contributed by atoms with van der Waals surface area (Å²) in [5.74, 6) is 1.29. The Morgan fingerprint density at radius 3 is 2.32 bits per heavy atom. The molecule has 0 bridgehead atoms. The van der Waals surface area contributed by atoms with Crippen LogP contribution in [0.4, 0.5) is 5.69 Å². The van der Waals surface area contributed by atoms with Crippen molar-refractivity contribution in [3.63, 3.8) is 0 Å². The van der Waals surface area contributed by atoms with Gasteiger partial charge in [-0.05, 0) is 38.0 Å². The first-order valence-corrected chi connectivity index (χ1v) is 9.94. The third-order valence-corrected chi connectivity index (χ3v) is 5.09. The molecule has 0 aromatic heterocycles. The highest BCUT2D eigenvalue weighted by molar-refractivity contribution is 5.99. The zero-order valence-corrected chi connectivity index (χ0v) is 18.0. The summed E-state index contributed by atoms with van der Waals surface area (Å²) in [6.07, 6.45) is 1.67. The average molecular weight is 430 g/mol. The van der Waals surface area contributed by atoms with Crippen molar-refractivity contribution in [2.45, 2.75) is 32.4 Å². The molecule has 3 rings (SSSR count). The van der Waals surface area contributed by atoms with Gasteiger partial charge in [0.25, 0.3) is 11.6 Å². The van der Waals surface area contributed by atoms with E-state index in [-0.39, 0.29) is 35.3 Å². The lowest BCUT2D eigenvalue weighted by atomic mass is 10.1. The van der Waals surface area contributed by atoms with Crippen molar-refractivity contribution in [2.75, 3.05) is 27.9 Å². The Bertz CT molecular complexity index is 973. The molecule has 0 radical (unpaired) electrons. The molecular formula is C22H26N2O7. The predicted molar refractivity (Wildman–Crippen MR) is 113 cm³/mol. The van der Waals surface area contributed by atoms with Crippen LogP contribution < -0.4 is 18.9 Å². The zero-order chi connectivity index (χ0) is 22.5. The van der Waals surface area contributed by atoms with E-state index < -0.39 is 10.8 Å². The van der Waals surface area contributed by atoms with E-state index >= 15 is 0 Å². The standard InChI is InChI=1S/C22H26N2O7/c1-5-31-21-12-18(24(26)27)17(11-20(21)30-4)22(25)23(15-6-7-15)13-14-10-16(28-2)8-9-19(14)29-3/h8-12,15H,5-7,13H2,1-4H3. The first kappa shape index (κ1) is 22.2. The molecule has 0 atom stereocenters. The molecule has 31 heavy (non-hydrogen) atoms. The van der Waals surface area contributed by atoms with Crippen molar-refractivity contribution < 1.29 is 28.7 Å². The predicted octanol–water partition coefficient (Wildman–Crippen LogP) is 3.82. The summed E-state index contributed by atoms with van der Waals surface area (Å²) in [5, 5.41) is 11.7. The summed E-state index contributed by atoms with van der Waals surface area (Å²) in [7, 11) is 4.54. The van der Waals surface area contributed by atoms with Gasteiger partial charge in [0, 0.05) is 17.7 Å². The minimum absolute atomic E-state index is 0.000532. The highest BCUT2D eigenvalue weighted by Crippen LogP contribution is 2.38. The smallest absolute Gasteiger partial charge is 0.286 e. The minimum atomic E-state index is -0.577. The summed E-state index contributed by atoms with van der Waals surface area (Å²) in [6, 6.07) is 7.96. The van der Waals surface area contributed by atoms with Crippen LogP contribution in [-0.4, -0.2) is 49.7 Å². The van der Waals surface area contributed by atoms with Crippen molar-refractivity contribution in [1.82, 2.24) is 4.90 Å². The fraction of sp³-hybridized carbons (Fsp3) is 0.409. The maximum atomic E-state index is 13.5. The number of carbonyl (C=O) groups is 1. The van der Waals surface area contributed by atoms with Gasteiger partial charge in [-0.25, -0.2) is 0 Å². The Balaban J connectivity index is 2.02. The summed E-state index contributed by atoms with van der Waals surface area (Å²) in [4.78, 5) is 26.3. The molecule has 2 aromatic carbocycles. The fourth-order valence-electron chi connectivity index (χ4n) is 3.40. The van der Waals surface area contributed by atoms with Gasteiger partial charge in [-0.15, -0.1) is 0 Å². The van der Waals surface area contributed by atoms with Crippen LogP contribution >= 0.6 is 0 Å². The SMILES string of the molecule is CCOc1cc([N+](=O)[O-])c(C(=O)N(Cc2cc(OC)ccc2OC)C2CC2)cc1OC. The molecule has 0 aliphatic heterocycles. The number of carbonyl (C=O) groups excluding carboxylic acids is 1. The number of nitrogens with zero attached hydrogens (tertiary/aromatic N) is 2. The molecule has 2 aromatic rings. The van der Waals surface area contributed by atoms with Gasteiger partial charge in [-0.2, -0.15) is 0 Å². The summed E-state index contributed by atoms with van der Waals surface area (Å²) in [6.45, 7) is 2.31. The van der Waals surface area contributed by atoms with Gasteiger partial charge in [0.05, 0.1) is 45.5 Å². The van der Waals surface area contributed by atoms with E-state index in [0.717, 1.165) is 18.4 Å². The van der Waals surface area contributed by atoms with Crippen LogP contribution in [0.2, 0.25) is 0 Å². The molecule has 1 amide bonds. The normalized spacial score (nSPS) is 12.8. The third kappa shape index (κ3) is 4.82. The molecule has 9 heteroatoms. The Morgan fingerprint density at radius 1 is 1.06 bits per heavy atom. The van der Waals surface area contributed by atoms with Crippen LogP contribution in [0.25, 0.3) is 0 Å². The Kier molecular flexibility index (Phi) is 6.84. The largest absolute Gasteiger partial charge is 0.497 e. The van der Waals surface area contributed by atoms with E-state index in [1.807, 2.05) is 0 Å². The number of benzene rings is 2. The molecule has 0 spiro atoms. The highest BCUT2D eigenvalue weighted by Gasteiger charge is 2.37. The molecule has 1 saturated carbocycles. The Morgan fingerprint density at radius 2 is 1.77 bits per heavy atom. The van der Waals surface area contributed by atoms with Crippen molar-refractivity contribution in [2.24, 2.45) is 0 Å². The molecular weight excluding hydrogens is 404 g/mol. The number of methoxy groups -OCH3 is 3. The maximum absolute atomic E-state index is 13.5. The molecule has 0 N–H and O–H groups in total. The van der Waals surface area contributed by atoms with Crippen LogP contribution in [0.3, 0.4) is 0 Å². The fourth-order valence-corrected chi connectivity index (χ4v) is 3.40. The number of nitro benzene ring substituents is 1. The van der Waals surface area contributed by atoms with Gasteiger partial charge in [0.1, 0.15) is 17.1 Å². The van der Waals surface area contributed by atoms with Gasteiger partial charge in [0.2, 0.25) is 0 Å². The van der Waals surface area contributed by atoms with Crippen LogP contribution in [0.5, 0.6) is 23.0 Å². The van der Waals surface area contributed by atoms with E-state index in [4.69, 9.17) is 18.9 Å².